The fourth-order valence-corrected chi connectivity index (χ4v) is 3.68. The van der Waals surface area contributed by atoms with Gasteiger partial charge in [-0.15, -0.1) is 0 Å². The zero-order valence-corrected chi connectivity index (χ0v) is 17.4. The zero-order chi connectivity index (χ0) is 20.6. The molecule has 0 N–H and O–H groups in total. The number of ether oxygens (including phenoxy) is 5. The van der Waals surface area contributed by atoms with Crippen molar-refractivity contribution in [1.29, 1.82) is 0 Å². The lowest BCUT2D eigenvalue weighted by Crippen LogP contribution is -2.62. The first-order valence-electron chi connectivity index (χ1n) is 9.83. The summed E-state index contributed by atoms with van der Waals surface area (Å²) >= 11 is 0. The van der Waals surface area contributed by atoms with E-state index < -0.39 is 29.0 Å². The van der Waals surface area contributed by atoms with Gasteiger partial charge < -0.3 is 23.7 Å². The number of carbonyl (C=O) groups is 2. The smallest absolute Gasteiger partial charge is 0.284 e. The van der Waals surface area contributed by atoms with E-state index in [9.17, 15) is 9.59 Å². The molecule has 0 aromatic heterocycles. The van der Waals surface area contributed by atoms with E-state index in [0.717, 1.165) is 11.3 Å². The summed E-state index contributed by atoms with van der Waals surface area (Å²) in [6, 6.07) is 0. The molecule has 3 rings (SSSR count). The first-order valence-corrected chi connectivity index (χ1v) is 9.83. The topological polar surface area (TPSA) is 83.5 Å². The summed E-state index contributed by atoms with van der Waals surface area (Å²) in [7, 11) is 0. The van der Waals surface area contributed by atoms with Crippen LogP contribution in [0.25, 0.3) is 0 Å². The summed E-state index contributed by atoms with van der Waals surface area (Å²) in [6.07, 6.45) is 3.60. The number of hydrogen-bond donors (Lipinski definition) is 0. The lowest BCUT2D eigenvalue weighted by atomic mass is 9.81. The van der Waals surface area contributed by atoms with Crippen molar-refractivity contribution >= 4 is 11.8 Å². The van der Waals surface area contributed by atoms with Gasteiger partial charge in [-0.1, -0.05) is 34.6 Å². The van der Waals surface area contributed by atoms with E-state index in [2.05, 4.69) is 27.7 Å². The minimum absolute atomic E-state index is 0.154. The second kappa shape index (κ2) is 7.50. The molecule has 1 spiro atoms. The van der Waals surface area contributed by atoms with E-state index in [1.54, 1.807) is 0 Å². The Labute approximate surface area is 166 Å². The monoisotopic (exact) mass is 397 g/mol. The average molecular weight is 397 g/mol. The van der Waals surface area contributed by atoms with Gasteiger partial charge in [0.1, 0.15) is 6.73 Å². The third-order valence-corrected chi connectivity index (χ3v) is 5.77. The largest absolute Gasteiger partial charge is 0.349 e. The van der Waals surface area contributed by atoms with Crippen LogP contribution in [0.3, 0.4) is 0 Å². The summed E-state index contributed by atoms with van der Waals surface area (Å²) in [5.41, 5.74) is -0.564. The zero-order valence-electron chi connectivity index (χ0n) is 17.4. The fourth-order valence-electron chi connectivity index (χ4n) is 3.68. The molecule has 8 heteroatoms. The Hall–Kier alpha value is -1.32. The third-order valence-electron chi connectivity index (χ3n) is 5.77. The number of hydrogen-bond acceptors (Lipinski definition) is 7. The van der Waals surface area contributed by atoms with Gasteiger partial charge in [0.05, 0.1) is 31.8 Å². The molecule has 3 aliphatic heterocycles. The highest BCUT2D eigenvalue weighted by atomic mass is 16.9. The van der Waals surface area contributed by atoms with Gasteiger partial charge in [0.2, 0.25) is 0 Å². The minimum Gasteiger partial charge on any atom is -0.349 e. The lowest BCUT2D eigenvalue weighted by Gasteiger charge is -2.53. The molecule has 0 aliphatic carbocycles. The summed E-state index contributed by atoms with van der Waals surface area (Å²) in [5, 5.41) is 0. The summed E-state index contributed by atoms with van der Waals surface area (Å²) < 4.78 is 30.0. The van der Waals surface area contributed by atoms with Gasteiger partial charge >= 0.3 is 0 Å². The molecule has 158 valence electrons. The standard InChI is InChI=1S/C20H31NO7/c1-6-19(17(3,4)5)24-10-18(11-25-19)12-26-20(7-2,27-13-18)28-14-21-15(22)8-9-16(21)23/h8-9H,6-7,10-14H2,1-5H3. The van der Waals surface area contributed by atoms with Crippen molar-refractivity contribution in [3.63, 3.8) is 0 Å². The maximum absolute atomic E-state index is 11.7. The summed E-state index contributed by atoms with van der Waals surface area (Å²) in [4.78, 5) is 24.4. The Bertz CT molecular complexity index is 615. The SMILES string of the molecule is CCC1(OCN2C(=O)C=CC2=O)OCC2(CO1)COC(CC)(C(C)(C)C)OC2. The maximum atomic E-state index is 11.7. The number of carbonyl (C=O) groups excluding carboxylic acids is 2. The van der Waals surface area contributed by atoms with Crippen molar-refractivity contribution in [3.8, 4) is 0 Å². The molecule has 0 saturated carbocycles. The molecule has 3 aliphatic rings. The Balaban J connectivity index is 1.58. The normalized spacial score (nSPS) is 36.5. The molecule has 8 nitrogen and oxygen atoms in total. The van der Waals surface area contributed by atoms with E-state index in [4.69, 9.17) is 23.7 Å². The molecule has 2 amide bonds. The van der Waals surface area contributed by atoms with Gasteiger partial charge in [-0.05, 0) is 6.42 Å². The lowest BCUT2D eigenvalue weighted by molar-refractivity contribution is -0.447. The highest BCUT2D eigenvalue weighted by Crippen LogP contribution is 2.45. The highest BCUT2D eigenvalue weighted by Gasteiger charge is 2.54. The molecule has 0 unspecified atom stereocenters. The minimum atomic E-state index is -1.29. The van der Waals surface area contributed by atoms with Crippen molar-refractivity contribution in [2.24, 2.45) is 10.8 Å². The molecule has 3 heterocycles. The second-order valence-electron chi connectivity index (χ2n) is 8.76. The van der Waals surface area contributed by atoms with Crippen LogP contribution >= 0.6 is 0 Å². The van der Waals surface area contributed by atoms with Gasteiger partial charge in [0, 0.05) is 24.0 Å². The van der Waals surface area contributed by atoms with Crippen LogP contribution in [-0.4, -0.2) is 61.6 Å². The number of rotatable bonds is 5. The summed E-state index contributed by atoms with van der Waals surface area (Å²) in [6.45, 7) is 11.6. The van der Waals surface area contributed by atoms with E-state index in [-0.39, 0.29) is 12.1 Å². The fraction of sp³-hybridized carbons (Fsp3) is 0.800. The van der Waals surface area contributed by atoms with Crippen LogP contribution in [0.1, 0.15) is 47.5 Å². The predicted octanol–water partition coefficient (Wildman–Crippen LogP) is 2.18. The molecule has 0 aromatic carbocycles. The van der Waals surface area contributed by atoms with Crippen molar-refractivity contribution in [3.05, 3.63) is 12.2 Å². The molecule has 28 heavy (non-hydrogen) atoms. The van der Waals surface area contributed by atoms with Crippen LogP contribution < -0.4 is 0 Å². The molecular weight excluding hydrogens is 366 g/mol. The average Bonchev–Trinajstić information content (AvgIpc) is 2.99. The van der Waals surface area contributed by atoms with E-state index in [1.165, 1.54) is 12.2 Å². The van der Waals surface area contributed by atoms with Crippen molar-refractivity contribution in [2.75, 3.05) is 33.2 Å². The van der Waals surface area contributed by atoms with Crippen LogP contribution in [0, 0.1) is 10.8 Å². The molecule has 0 radical (unpaired) electrons. The second-order valence-corrected chi connectivity index (χ2v) is 8.76. The Morgan fingerprint density at radius 3 is 1.86 bits per heavy atom. The van der Waals surface area contributed by atoms with Crippen LogP contribution in [0.2, 0.25) is 0 Å². The van der Waals surface area contributed by atoms with Gasteiger partial charge in [-0.3, -0.25) is 14.5 Å². The van der Waals surface area contributed by atoms with Crippen LogP contribution in [0.4, 0.5) is 0 Å². The maximum Gasteiger partial charge on any atom is 0.284 e. The highest BCUT2D eigenvalue weighted by molar-refractivity contribution is 6.12. The Morgan fingerprint density at radius 2 is 1.43 bits per heavy atom. The number of nitrogens with zero attached hydrogens (tertiary/aromatic N) is 1. The van der Waals surface area contributed by atoms with Crippen LogP contribution in [0.5, 0.6) is 0 Å². The van der Waals surface area contributed by atoms with Crippen molar-refractivity contribution in [1.82, 2.24) is 4.90 Å². The van der Waals surface area contributed by atoms with E-state index >= 15 is 0 Å². The van der Waals surface area contributed by atoms with Gasteiger partial charge in [0.15, 0.2) is 5.79 Å². The van der Waals surface area contributed by atoms with Crippen molar-refractivity contribution < 1.29 is 33.3 Å². The first kappa shape index (κ1) is 21.4. The van der Waals surface area contributed by atoms with E-state index in [0.29, 0.717) is 32.8 Å². The van der Waals surface area contributed by atoms with E-state index in [1.807, 2.05) is 6.92 Å². The molecule has 0 bridgehead atoms. The Morgan fingerprint density at radius 1 is 0.929 bits per heavy atom. The number of imide groups is 1. The molecule has 0 atom stereocenters. The quantitative estimate of drug-likeness (QED) is 0.658. The van der Waals surface area contributed by atoms with Gasteiger partial charge in [-0.2, -0.15) is 0 Å². The molecule has 0 aromatic rings. The molecular formula is C20H31NO7. The predicted molar refractivity (Wildman–Crippen MR) is 98.7 cm³/mol. The molecule has 2 saturated heterocycles. The van der Waals surface area contributed by atoms with Crippen LogP contribution in [0.15, 0.2) is 12.2 Å². The van der Waals surface area contributed by atoms with Gasteiger partial charge in [0.25, 0.3) is 17.8 Å². The molecule has 2 fully saturated rings. The Kier molecular flexibility index (Phi) is 5.73. The van der Waals surface area contributed by atoms with Crippen molar-refractivity contribution in [2.45, 2.75) is 59.2 Å². The first-order chi connectivity index (χ1) is 13.1. The van der Waals surface area contributed by atoms with Gasteiger partial charge in [-0.25, -0.2) is 0 Å². The van der Waals surface area contributed by atoms with Crippen LogP contribution in [-0.2, 0) is 33.3 Å². The third kappa shape index (κ3) is 3.76. The number of amides is 2. The summed E-state index contributed by atoms with van der Waals surface area (Å²) in [5.74, 6) is -2.73.